The van der Waals surface area contributed by atoms with E-state index in [-0.39, 0.29) is 25.9 Å². The van der Waals surface area contributed by atoms with Gasteiger partial charge in [0.25, 0.3) is 0 Å². The van der Waals surface area contributed by atoms with Crippen LogP contribution in [0.2, 0.25) is 0 Å². The summed E-state index contributed by atoms with van der Waals surface area (Å²) in [4.78, 5) is 48.5. The average Bonchev–Trinajstić information content (AvgIpc) is 3.35. The van der Waals surface area contributed by atoms with Gasteiger partial charge in [-0.3, -0.25) is 23.4 Å². The molecule has 70 heavy (non-hydrogen) atoms. The number of carbonyl (C=O) groups excluding carboxylic acids is 3. The lowest BCUT2D eigenvalue weighted by molar-refractivity contribution is -0.161. The minimum absolute atomic E-state index is 0.172. The summed E-state index contributed by atoms with van der Waals surface area (Å²) >= 11 is 0. The van der Waals surface area contributed by atoms with Gasteiger partial charge >= 0.3 is 25.7 Å². The molecule has 0 radical (unpaired) electrons. The third-order valence-electron chi connectivity index (χ3n) is 13.2. The summed E-state index contributed by atoms with van der Waals surface area (Å²) in [5.74, 6) is -1.44. The van der Waals surface area contributed by atoms with Crippen molar-refractivity contribution in [2.24, 2.45) is 0 Å². The number of aliphatic hydroxyl groups excluding tert-OH is 1. The highest BCUT2D eigenvalue weighted by Crippen LogP contribution is 2.43. The van der Waals surface area contributed by atoms with Crippen LogP contribution in [0.25, 0.3) is 0 Å². The van der Waals surface area contributed by atoms with Crippen LogP contribution in [0, 0.1) is 0 Å². The Kier molecular flexibility index (Phi) is 52.1. The first-order valence-corrected chi connectivity index (χ1v) is 31.1. The zero-order chi connectivity index (χ0) is 51.3. The summed E-state index contributed by atoms with van der Waals surface area (Å²) in [6, 6.07) is 0. The second-order valence-corrected chi connectivity index (χ2v) is 21.6. The van der Waals surface area contributed by atoms with Crippen LogP contribution in [-0.2, 0) is 42.2 Å². The number of ether oxygens (including phenoxy) is 3. The van der Waals surface area contributed by atoms with Gasteiger partial charge in [-0.2, -0.15) is 0 Å². The molecule has 0 rings (SSSR count). The Morgan fingerprint density at radius 2 is 0.671 bits per heavy atom. The summed E-state index contributed by atoms with van der Waals surface area (Å²) in [6.07, 6.45) is 51.7. The summed E-state index contributed by atoms with van der Waals surface area (Å²) in [6.45, 7) is 4.66. The van der Waals surface area contributed by atoms with Crippen molar-refractivity contribution in [2.45, 2.75) is 315 Å². The van der Waals surface area contributed by atoms with Crippen LogP contribution >= 0.6 is 7.82 Å². The number of aliphatic hydroxyl groups is 1. The molecule has 0 aliphatic carbocycles. The van der Waals surface area contributed by atoms with E-state index >= 15 is 0 Å². The minimum Gasteiger partial charge on any atom is -0.462 e. The van der Waals surface area contributed by atoms with Crippen molar-refractivity contribution >= 4 is 25.7 Å². The van der Waals surface area contributed by atoms with E-state index in [0.717, 1.165) is 77.0 Å². The van der Waals surface area contributed by atoms with Crippen LogP contribution in [0.1, 0.15) is 303 Å². The first-order chi connectivity index (χ1) is 34.2. The number of hydrogen-bond donors (Lipinski definition) is 2. The highest BCUT2D eigenvalue weighted by atomic mass is 31.2. The van der Waals surface area contributed by atoms with Crippen molar-refractivity contribution < 1.29 is 52.2 Å². The molecule has 0 fully saturated rings. The fourth-order valence-electron chi connectivity index (χ4n) is 8.63. The number of phosphoric ester groups is 1. The first-order valence-electron chi connectivity index (χ1n) is 29.6. The molecule has 0 amide bonds. The topological polar surface area (TPSA) is 155 Å². The summed E-state index contributed by atoms with van der Waals surface area (Å²) < 4.78 is 39.5. The third-order valence-corrected chi connectivity index (χ3v) is 14.1. The third kappa shape index (κ3) is 51.1. The van der Waals surface area contributed by atoms with Gasteiger partial charge in [-0.15, -0.1) is 0 Å². The molecule has 2 N–H and O–H groups in total. The molecule has 0 saturated carbocycles. The van der Waals surface area contributed by atoms with Gasteiger partial charge in [0.05, 0.1) is 19.8 Å². The molecule has 0 saturated heterocycles. The van der Waals surface area contributed by atoms with E-state index < -0.39 is 57.8 Å². The molecule has 0 spiro atoms. The molecule has 3 unspecified atom stereocenters. The standard InChI is InChI=1S/C58H111O11P/c1-4-7-10-13-16-19-22-24-26-27-29-31-34-37-40-43-46-49-58(62)69-55(51-65-56(60)47-44-41-38-35-33-30-28-25-23-20-17-14-11-8-5-2)53-67-70(63,64)66-52-54(50-59)68-57(61)48-45-42-39-36-32-21-18-15-12-9-6-3/h15,18,54-55,59H,4-14,16-17,19-53H2,1-3H3,(H,63,64)/b18-15-. The lowest BCUT2D eigenvalue weighted by Gasteiger charge is -2.21. The van der Waals surface area contributed by atoms with Gasteiger partial charge < -0.3 is 24.2 Å². The van der Waals surface area contributed by atoms with Gasteiger partial charge in [-0.25, -0.2) is 4.57 Å². The number of allylic oxidation sites excluding steroid dienone is 2. The minimum atomic E-state index is -4.74. The lowest BCUT2D eigenvalue weighted by atomic mass is 10.0. The van der Waals surface area contributed by atoms with Gasteiger partial charge in [0.2, 0.25) is 0 Å². The highest BCUT2D eigenvalue weighted by Gasteiger charge is 2.28. The van der Waals surface area contributed by atoms with Gasteiger partial charge in [-0.05, 0) is 38.5 Å². The van der Waals surface area contributed by atoms with Crippen molar-refractivity contribution in [1.29, 1.82) is 0 Å². The first kappa shape index (κ1) is 68.2. The van der Waals surface area contributed by atoms with Crippen LogP contribution < -0.4 is 0 Å². The Labute approximate surface area is 430 Å². The largest absolute Gasteiger partial charge is 0.472 e. The van der Waals surface area contributed by atoms with Crippen LogP contribution in [0.15, 0.2) is 12.2 Å². The summed E-state index contributed by atoms with van der Waals surface area (Å²) in [5.41, 5.74) is 0. The Balaban J connectivity index is 4.67. The van der Waals surface area contributed by atoms with Gasteiger partial charge in [0.1, 0.15) is 12.7 Å². The number of hydrogen-bond acceptors (Lipinski definition) is 10. The van der Waals surface area contributed by atoms with Crippen molar-refractivity contribution in [3.8, 4) is 0 Å². The molecule has 0 aromatic carbocycles. The Bertz CT molecular complexity index is 1230. The number of carbonyl (C=O) groups is 3. The molecule has 0 aliphatic heterocycles. The molecule has 11 nitrogen and oxygen atoms in total. The van der Waals surface area contributed by atoms with E-state index in [9.17, 15) is 28.9 Å². The predicted molar refractivity (Wildman–Crippen MR) is 289 cm³/mol. The maximum atomic E-state index is 12.9. The molecule has 0 aromatic rings. The van der Waals surface area contributed by atoms with E-state index in [2.05, 4.69) is 32.9 Å². The zero-order valence-electron chi connectivity index (χ0n) is 45.8. The SMILES string of the molecule is CCCC/C=C\CCCCCCCC(=O)OC(CO)COP(=O)(O)OCC(COC(=O)CCCCCCCCCCCCCCCCC)OC(=O)CCCCCCCCCCCCCCCCCCC. The lowest BCUT2D eigenvalue weighted by Crippen LogP contribution is -2.30. The number of rotatable bonds is 56. The monoisotopic (exact) mass is 1010 g/mol. The molecule has 0 aromatic heterocycles. The van der Waals surface area contributed by atoms with Crippen molar-refractivity contribution in [2.75, 3.05) is 26.4 Å². The van der Waals surface area contributed by atoms with Crippen molar-refractivity contribution in [3.63, 3.8) is 0 Å². The van der Waals surface area contributed by atoms with Gasteiger partial charge in [0, 0.05) is 19.3 Å². The molecule has 414 valence electrons. The summed E-state index contributed by atoms with van der Waals surface area (Å²) in [5, 5.41) is 9.79. The maximum absolute atomic E-state index is 12.9. The molecule has 0 aliphatic rings. The van der Waals surface area contributed by atoms with Crippen molar-refractivity contribution in [3.05, 3.63) is 12.2 Å². The Morgan fingerprint density at radius 1 is 0.386 bits per heavy atom. The smallest absolute Gasteiger partial charge is 0.462 e. The van der Waals surface area contributed by atoms with E-state index in [1.165, 1.54) is 167 Å². The molecular formula is C58H111O11P. The molecule has 0 heterocycles. The fraction of sp³-hybridized carbons (Fsp3) is 0.914. The predicted octanol–water partition coefficient (Wildman–Crippen LogP) is 17.3. The van der Waals surface area contributed by atoms with Crippen LogP contribution in [0.4, 0.5) is 0 Å². The van der Waals surface area contributed by atoms with Crippen LogP contribution in [0.3, 0.4) is 0 Å². The fourth-order valence-corrected chi connectivity index (χ4v) is 9.42. The second-order valence-electron chi connectivity index (χ2n) is 20.2. The molecule has 3 atom stereocenters. The van der Waals surface area contributed by atoms with Gasteiger partial charge in [0.15, 0.2) is 6.10 Å². The van der Waals surface area contributed by atoms with E-state index in [4.69, 9.17) is 23.3 Å². The maximum Gasteiger partial charge on any atom is 0.472 e. The number of unbranched alkanes of at least 4 members (excludes halogenated alkanes) is 37. The molecule has 12 heteroatoms. The average molecular weight is 1020 g/mol. The molecular weight excluding hydrogens is 904 g/mol. The summed E-state index contributed by atoms with van der Waals surface area (Å²) in [7, 11) is -4.74. The highest BCUT2D eigenvalue weighted by molar-refractivity contribution is 7.47. The Morgan fingerprint density at radius 3 is 1.03 bits per heavy atom. The number of esters is 3. The van der Waals surface area contributed by atoms with E-state index in [1.54, 1.807) is 0 Å². The normalized spacial score (nSPS) is 13.4. The number of phosphoric acid groups is 1. The van der Waals surface area contributed by atoms with E-state index in [0.29, 0.717) is 19.3 Å². The zero-order valence-corrected chi connectivity index (χ0v) is 46.7. The van der Waals surface area contributed by atoms with Crippen LogP contribution in [-0.4, -0.2) is 66.5 Å². The quantitative estimate of drug-likeness (QED) is 0.0197. The molecule has 0 bridgehead atoms. The van der Waals surface area contributed by atoms with Gasteiger partial charge in [-0.1, -0.05) is 258 Å². The Hall–Kier alpha value is -1.78. The van der Waals surface area contributed by atoms with E-state index in [1.807, 2.05) is 0 Å². The van der Waals surface area contributed by atoms with Crippen molar-refractivity contribution in [1.82, 2.24) is 0 Å². The second kappa shape index (κ2) is 53.5. The van der Waals surface area contributed by atoms with Crippen LogP contribution in [0.5, 0.6) is 0 Å².